The van der Waals surface area contributed by atoms with Crippen molar-refractivity contribution < 1.29 is 18.0 Å². The molecular weight excluding hydrogens is 546 g/mol. The standard InChI is InChI=1S/C31H38ClN3O4S/c1-5-6-19-33-31(37)29(20-25-12-8-7-9-13-25)34(21-26-15-17-27(32)18-16-26)30(36)22-35(40(4,38)39)28-14-10-11-23(2)24(28)3/h7-18,29H,5-6,19-22H2,1-4H3,(H,33,37)/t29-/m1/s1. The summed E-state index contributed by atoms with van der Waals surface area (Å²) in [5, 5.41) is 3.53. The van der Waals surface area contributed by atoms with E-state index >= 15 is 0 Å². The van der Waals surface area contributed by atoms with Gasteiger partial charge in [-0.2, -0.15) is 0 Å². The lowest BCUT2D eigenvalue weighted by Gasteiger charge is -2.34. The molecule has 0 radical (unpaired) electrons. The zero-order valence-corrected chi connectivity index (χ0v) is 25.1. The highest BCUT2D eigenvalue weighted by Crippen LogP contribution is 2.26. The molecule has 3 aromatic rings. The van der Waals surface area contributed by atoms with Crippen LogP contribution in [0, 0.1) is 13.8 Å². The number of amides is 2. The fraction of sp³-hybridized carbons (Fsp3) is 0.355. The summed E-state index contributed by atoms with van der Waals surface area (Å²) in [6, 6.07) is 21.1. The Morgan fingerprint density at radius 2 is 1.60 bits per heavy atom. The molecule has 0 aliphatic heterocycles. The largest absolute Gasteiger partial charge is 0.354 e. The SMILES string of the molecule is CCCCNC(=O)[C@@H](Cc1ccccc1)N(Cc1ccc(Cl)cc1)C(=O)CN(c1cccc(C)c1C)S(C)(=O)=O. The molecule has 0 aromatic heterocycles. The Morgan fingerprint density at radius 3 is 2.23 bits per heavy atom. The highest BCUT2D eigenvalue weighted by atomic mass is 35.5. The molecule has 7 nitrogen and oxygen atoms in total. The van der Waals surface area contributed by atoms with Crippen LogP contribution in [0.3, 0.4) is 0 Å². The van der Waals surface area contributed by atoms with Crippen LogP contribution in [0.5, 0.6) is 0 Å². The van der Waals surface area contributed by atoms with Gasteiger partial charge in [-0.25, -0.2) is 8.42 Å². The number of unbranched alkanes of at least 4 members (excludes halogenated alkanes) is 1. The second kappa shape index (κ2) is 14.3. The van der Waals surface area contributed by atoms with Crippen LogP contribution in [-0.2, 0) is 32.6 Å². The molecule has 0 unspecified atom stereocenters. The summed E-state index contributed by atoms with van der Waals surface area (Å²) < 4.78 is 27.1. The lowest BCUT2D eigenvalue weighted by molar-refractivity contribution is -0.140. The first-order valence-corrected chi connectivity index (χ1v) is 15.6. The molecule has 0 aliphatic carbocycles. The van der Waals surface area contributed by atoms with Crippen LogP contribution in [0.1, 0.15) is 42.0 Å². The van der Waals surface area contributed by atoms with Gasteiger partial charge in [0.25, 0.3) is 0 Å². The zero-order valence-electron chi connectivity index (χ0n) is 23.6. The number of hydrogen-bond donors (Lipinski definition) is 1. The molecule has 0 saturated heterocycles. The molecule has 0 aliphatic rings. The molecular formula is C31H38ClN3O4S. The molecule has 3 rings (SSSR count). The van der Waals surface area contributed by atoms with Crippen LogP contribution in [0.15, 0.2) is 72.8 Å². The molecule has 3 aromatic carbocycles. The maximum absolute atomic E-state index is 14.1. The van der Waals surface area contributed by atoms with Gasteiger partial charge < -0.3 is 10.2 Å². The van der Waals surface area contributed by atoms with Crippen molar-refractivity contribution in [3.05, 3.63) is 100 Å². The summed E-state index contributed by atoms with van der Waals surface area (Å²) in [7, 11) is -3.82. The average Bonchev–Trinajstić information content (AvgIpc) is 2.92. The van der Waals surface area contributed by atoms with E-state index in [-0.39, 0.29) is 18.9 Å². The van der Waals surface area contributed by atoms with Crippen LogP contribution < -0.4 is 9.62 Å². The van der Waals surface area contributed by atoms with E-state index in [9.17, 15) is 18.0 Å². The van der Waals surface area contributed by atoms with E-state index < -0.39 is 28.5 Å². The molecule has 0 heterocycles. The fourth-order valence-electron chi connectivity index (χ4n) is 4.45. The molecule has 1 N–H and O–H groups in total. The number of nitrogens with one attached hydrogen (secondary N) is 1. The number of aryl methyl sites for hydroxylation is 1. The van der Waals surface area contributed by atoms with Crippen molar-refractivity contribution in [2.45, 2.75) is 52.6 Å². The third-order valence-corrected chi connectivity index (χ3v) is 8.27. The molecule has 40 heavy (non-hydrogen) atoms. The Labute approximate surface area is 243 Å². The average molecular weight is 584 g/mol. The van der Waals surface area contributed by atoms with Gasteiger partial charge in [0.1, 0.15) is 12.6 Å². The summed E-state index contributed by atoms with van der Waals surface area (Å²) in [6.45, 7) is 5.92. The van der Waals surface area contributed by atoms with Crippen molar-refractivity contribution in [2.24, 2.45) is 0 Å². The van der Waals surface area contributed by atoms with Crippen molar-refractivity contribution in [3.63, 3.8) is 0 Å². The highest BCUT2D eigenvalue weighted by molar-refractivity contribution is 7.92. The molecule has 9 heteroatoms. The van der Waals surface area contributed by atoms with Crippen molar-refractivity contribution >= 4 is 39.1 Å². The zero-order chi connectivity index (χ0) is 29.3. The van der Waals surface area contributed by atoms with Gasteiger partial charge in [0, 0.05) is 24.5 Å². The van der Waals surface area contributed by atoms with Crippen LogP contribution in [0.4, 0.5) is 5.69 Å². The van der Waals surface area contributed by atoms with Crippen molar-refractivity contribution in [3.8, 4) is 0 Å². The smallest absolute Gasteiger partial charge is 0.244 e. The number of nitrogens with zero attached hydrogens (tertiary/aromatic N) is 2. The number of hydrogen-bond acceptors (Lipinski definition) is 4. The Balaban J connectivity index is 2.05. The number of rotatable bonds is 13. The Bertz CT molecular complexity index is 1400. The summed E-state index contributed by atoms with van der Waals surface area (Å²) in [4.78, 5) is 29.2. The molecule has 0 bridgehead atoms. The number of halogens is 1. The Morgan fingerprint density at radius 1 is 0.925 bits per heavy atom. The van der Waals surface area contributed by atoms with Crippen LogP contribution in [0.2, 0.25) is 5.02 Å². The maximum atomic E-state index is 14.1. The van der Waals surface area contributed by atoms with Gasteiger partial charge in [0.05, 0.1) is 11.9 Å². The summed E-state index contributed by atoms with van der Waals surface area (Å²) >= 11 is 6.10. The van der Waals surface area contributed by atoms with E-state index in [1.165, 1.54) is 4.90 Å². The van der Waals surface area contributed by atoms with Gasteiger partial charge in [0.15, 0.2) is 0 Å². The fourth-order valence-corrected chi connectivity index (χ4v) is 5.47. The summed E-state index contributed by atoms with van der Waals surface area (Å²) in [5.41, 5.74) is 3.78. The van der Waals surface area contributed by atoms with Gasteiger partial charge in [-0.1, -0.05) is 79.5 Å². The van der Waals surface area contributed by atoms with Crippen LogP contribution >= 0.6 is 11.6 Å². The molecule has 0 saturated carbocycles. The van der Waals surface area contributed by atoms with Gasteiger partial charge in [0.2, 0.25) is 21.8 Å². The maximum Gasteiger partial charge on any atom is 0.244 e. The first kappa shape index (κ1) is 31.2. The topological polar surface area (TPSA) is 86.8 Å². The molecule has 214 valence electrons. The van der Waals surface area contributed by atoms with Crippen LogP contribution in [0.25, 0.3) is 0 Å². The number of carbonyl (C=O) groups excluding carboxylic acids is 2. The number of benzene rings is 3. The first-order valence-electron chi connectivity index (χ1n) is 13.4. The quantitative estimate of drug-likeness (QED) is 0.277. The van der Waals surface area contributed by atoms with Gasteiger partial charge in [-0.05, 0) is 60.7 Å². The first-order chi connectivity index (χ1) is 19.0. The minimum absolute atomic E-state index is 0.110. The van der Waals surface area contributed by atoms with Crippen molar-refractivity contribution in [2.75, 3.05) is 23.7 Å². The minimum Gasteiger partial charge on any atom is -0.354 e. The van der Waals surface area contributed by atoms with E-state index in [1.807, 2.05) is 57.2 Å². The third-order valence-electron chi connectivity index (χ3n) is 6.89. The van der Waals surface area contributed by atoms with Crippen molar-refractivity contribution in [1.29, 1.82) is 0 Å². The number of carbonyl (C=O) groups is 2. The van der Waals surface area contributed by atoms with E-state index in [2.05, 4.69) is 5.32 Å². The second-order valence-corrected chi connectivity index (χ2v) is 12.3. The highest BCUT2D eigenvalue weighted by Gasteiger charge is 2.33. The van der Waals surface area contributed by atoms with Crippen LogP contribution in [-0.4, -0.2) is 50.5 Å². The van der Waals surface area contributed by atoms with E-state index in [4.69, 9.17) is 11.6 Å². The lowest BCUT2D eigenvalue weighted by atomic mass is 10.0. The van der Waals surface area contributed by atoms with E-state index in [1.54, 1.807) is 36.4 Å². The molecule has 1 atom stereocenters. The third kappa shape index (κ3) is 8.57. The second-order valence-electron chi connectivity index (χ2n) is 9.99. The predicted molar refractivity (Wildman–Crippen MR) is 162 cm³/mol. The number of sulfonamides is 1. The number of anilines is 1. The normalized spacial score (nSPS) is 12.0. The Kier molecular flexibility index (Phi) is 11.2. The lowest BCUT2D eigenvalue weighted by Crippen LogP contribution is -2.53. The minimum atomic E-state index is -3.82. The summed E-state index contributed by atoms with van der Waals surface area (Å²) in [5.74, 6) is -0.759. The predicted octanol–water partition coefficient (Wildman–Crippen LogP) is 5.28. The molecule has 2 amide bonds. The molecule has 0 fully saturated rings. The van der Waals surface area contributed by atoms with Crippen molar-refractivity contribution in [1.82, 2.24) is 10.2 Å². The molecule has 0 spiro atoms. The van der Waals surface area contributed by atoms with Gasteiger partial charge >= 0.3 is 0 Å². The van der Waals surface area contributed by atoms with E-state index in [0.29, 0.717) is 17.3 Å². The van der Waals surface area contributed by atoms with Gasteiger partial charge in [-0.15, -0.1) is 0 Å². The Hall–Kier alpha value is -3.36. The van der Waals surface area contributed by atoms with Gasteiger partial charge in [-0.3, -0.25) is 13.9 Å². The monoisotopic (exact) mass is 583 g/mol. The summed E-state index contributed by atoms with van der Waals surface area (Å²) in [6.07, 6.45) is 3.09. The van der Waals surface area contributed by atoms with E-state index in [0.717, 1.165) is 45.7 Å².